The van der Waals surface area contributed by atoms with E-state index in [1.807, 2.05) is 13.8 Å². The van der Waals surface area contributed by atoms with Crippen molar-refractivity contribution < 1.29 is 4.79 Å². The maximum Gasteiger partial charge on any atom is 0.254 e. The van der Waals surface area contributed by atoms with Gasteiger partial charge in [-0.1, -0.05) is 22.9 Å². The highest BCUT2D eigenvalue weighted by molar-refractivity contribution is 9.09. The summed E-state index contributed by atoms with van der Waals surface area (Å²) in [6.07, 6.45) is 2.46. The molecule has 0 spiro atoms. The third-order valence-electron chi connectivity index (χ3n) is 2.09. The van der Waals surface area contributed by atoms with Gasteiger partial charge in [0.05, 0.1) is 11.8 Å². The molecule has 0 bridgehead atoms. The summed E-state index contributed by atoms with van der Waals surface area (Å²) in [5.74, 6) is -0.0671. The van der Waals surface area contributed by atoms with E-state index < -0.39 is 0 Å². The Hall–Kier alpha value is -0.840. The topological polar surface area (TPSA) is 57.8 Å². The zero-order valence-electron chi connectivity index (χ0n) is 8.30. The fourth-order valence-electron chi connectivity index (χ4n) is 1.09. The highest BCUT2D eigenvalue weighted by atomic mass is 79.9. The van der Waals surface area contributed by atoms with E-state index in [9.17, 15) is 4.79 Å². The second-order valence-electron chi connectivity index (χ2n) is 3.14. The fourth-order valence-corrected chi connectivity index (χ4v) is 1.71. The number of carbonyl (C=O) groups excluding carboxylic acids is 1. The van der Waals surface area contributed by atoms with Gasteiger partial charge in [-0.25, -0.2) is 0 Å². The number of amides is 1. The van der Waals surface area contributed by atoms with Crippen LogP contribution in [0.15, 0.2) is 6.20 Å². The molecule has 2 N–H and O–H groups in total. The van der Waals surface area contributed by atoms with Gasteiger partial charge in [0.2, 0.25) is 0 Å². The number of aryl methyl sites for hydroxylation is 1. The summed E-state index contributed by atoms with van der Waals surface area (Å²) in [5, 5.41) is 10.2. The third-order valence-corrected chi connectivity index (χ3v) is 2.87. The molecule has 0 aliphatic heterocycles. The first kappa shape index (κ1) is 11.2. The second-order valence-corrected chi connectivity index (χ2v) is 3.79. The van der Waals surface area contributed by atoms with E-state index in [-0.39, 0.29) is 11.9 Å². The Morgan fingerprint density at radius 2 is 2.50 bits per heavy atom. The van der Waals surface area contributed by atoms with Crippen LogP contribution in [0.1, 0.15) is 29.4 Å². The number of halogens is 1. The molecule has 1 unspecified atom stereocenters. The standard InChI is InChI=1S/C9H14BrN3O/c1-3-7(4-10)12-9(14)8-5-11-13-6(8)2/h5,7H,3-4H2,1-2H3,(H,11,13)(H,12,14). The van der Waals surface area contributed by atoms with Crippen LogP contribution in [0.25, 0.3) is 0 Å². The first-order valence-electron chi connectivity index (χ1n) is 4.55. The number of nitrogens with zero attached hydrogens (tertiary/aromatic N) is 1. The highest BCUT2D eigenvalue weighted by Crippen LogP contribution is 2.04. The van der Waals surface area contributed by atoms with Crippen LogP contribution in [-0.2, 0) is 0 Å². The normalized spacial score (nSPS) is 12.5. The zero-order valence-corrected chi connectivity index (χ0v) is 9.89. The summed E-state index contributed by atoms with van der Waals surface area (Å²) in [4.78, 5) is 11.7. The summed E-state index contributed by atoms with van der Waals surface area (Å²) < 4.78 is 0. The number of hydrogen-bond donors (Lipinski definition) is 2. The summed E-state index contributed by atoms with van der Waals surface area (Å²) in [5.41, 5.74) is 1.41. The van der Waals surface area contributed by atoms with Crippen LogP contribution < -0.4 is 5.32 Å². The van der Waals surface area contributed by atoms with Gasteiger partial charge in [-0.05, 0) is 13.3 Å². The van der Waals surface area contributed by atoms with E-state index in [0.29, 0.717) is 5.56 Å². The maximum absolute atomic E-state index is 11.7. The number of carbonyl (C=O) groups is 1. The molecule has 5 heteroatoms. The van der Waals surface area contributed by atoms with Crippen molar-refractivity contribution in [2.24, 2.45) is 0 Å². The molecule has 1 rings (SSSR count). The Morgan fingerprint density at radius 3 is 2.93 bits per heavy atom. The number of H-pyrrole nitrogens is 1. The predicted octanol–water partition coefficient (Wildman–Crippen LogP) is 1.62. The van der Waals surface area contributed by atoms with Gasteiger partial charge in [-0.2, -0.15) is 5.10 Å². The summed E-state index contributed by atoms with van der Waals surface area (Å²) in [7, 11) is 0. The molecular formula is C9H14BrN3O. The van der Waals surface area contributed by atoms with Crippen LogP contribution >= 0.6 is 15.9 Å². The fraction of sp³-hybridized carbons (Fsp3) is 0.556. The van der Waals surface area contributed by atoms with E-state index in [4.69, 9.17) is 0 Å². The molecule has 0 aliphatic carbocycles. The first-order valence-corrected chi connectivity index (χ1v) is 5.68. The van der Waals surface area contributed by atoms with Crippen molar-refractivity contribution in [1.29, 1.82) is 0 Å². The maximum atomic E-state index is 11.7. The predicted molar refractivity (Wildman–Crippen MR) is 58.7 cm³/mol. The minimum Gasteiger partial charge on any atom is -0.348 e. The van der Waals surface area contributed by atoms with Gasteiger partial charge in [-0.15, -0.1) is 0 Å². The van der Waals surface area contributed by atoms with Crippen LogP contribution in [0.4, 0.5) is 0 Å². The quantitative estimate of drug-likeness (QED) is 0.808. The van der Waals surface area contributed by atoms with Crippen molar-refractivity contribution >= 4 is 21.8 Å². The Balaban J connectivity index is 2.63. The summed E-state index contributed by atoms with van der Waals surface area (Å²) >= 11 is 3.35. The molecule has 4 nitrogen and oxygen atoms in total. The number of alkyl halides is 1. The third kappa shape index (κ3) is 2.57. The molecule has 1 amide bonds. The summed E-state index contributed by atoms with van der Waals surface area (Å²) in [6.45, 7) is 3.87. The number of aromatic nitrogens is 2. The minimum atomic E-state index is -0.0671. The van der Waals surface area contributed by atoms with Gasteiger partial charge in [0.15, 0.2) is 0 Å². The van der Waals surface area contributed by atoms with E-state index >= 15 is 0 Å². The van der Waals surface area contributed by atoms with Crippen molar-refractivity contribution in [2.45, 2.75) is 26.3 Å². The molecule has 0 aliphatic rings. The molecule has 0 fully saturated rings. The molecule has 78 valence electrons. The lowest BCUT2D eigenvalue weighted by Crippen LogP contribution is -2.35. The molecule has 0 radical (unpaired) electrons. The van der Waals surface area contributed by atoms with Gasteiger partial charge < -0.3 is 5.32 Å². The van der Waals surface area contributed by atoms with E-state index in [0.717, 1.165) is 17.4 Å². The van der Waals surface area contributed by atoms with Crippen LogP contribution in [0.3, 0.4) is 0 Å². The lowest BCUT2D eigenvalue weighted by molar-refractivity contribution is 0.0939. The number of rotatable bonds is 4. The van der Waals surface area contributed by atoms with Gasteiger partial charge >= 0.3 is 0 Å². The lowest BCUT2D eigenvalue weighted by atomic mass is 10.2. The Morgan fingerprint density at radius 1 is 1.79 bits per heavy atom. The van der Waals surface area contributed by atoms with Crippen LogP contribution in [-0.4, -0.2) is 27.5 Å². The molecule has 1 atom stereocenters. The number of nitrogens with one attached hydrogen (secondary N) is 2. The summed E-state index contributed by atoms with van der Waals surface area (Å²) in [6, 6.07) is 0.178. The molecule has 0 aromatic carbocycles. The molecular weight excluding hydrogens is 246 g/mol. The van der Waals surface area contributed by atoms with Crippen LogP contribution in [0, 0.1) is 6.92 Å². The highest BCUT2D eigenvalue weighted by Gasteiger charge is 2.13. The van der Waals surface area contributed by atoms with Crippen molar-refractivity contribution in [3.63, 3.8) is 0 Å². The number of aromatic amines is 1. The molecule has 1 aromatic rings. The van der Waals surface area contributed by atoms with Crippen molar-refractivity contribution in [3.8, 4) is 0 Å². The Bertz CT molecular complexity index is 307. The minimum absolute atomic E-state index is 0.0671. The Labute approximate surface area is 91.6 Å². The van der Waals surface area contributed by atoms with Gasteiger partial charge in [-0.3, -0.25) is 9.89 Å². The average Bonchev–Trinajstić information content (AvgIpc) is 2.60. The van der Waals surface area contributed by atoms with Gasteiger partial charge in [0.25, 0.3) is 5.91 Å². The first-order chi connectivity index (χ1) is 6.69. The smallest absolute Gasteiger partial charge is 0.254 e. The van der Waals surface area contributed by atoms with E-state index in [1.54, 1.807) is 6.20 Å². The molecule has 1 heterocycles. The van der Waals surface area contributed by atoms with Gasteiger partial charge in [0.1, 0.15) is 0 Å². The molecule has 1 aromatic heterocycles. The SMILES string of the molecule is CCC(CBr)NC(=O)c1cn[nH]c1C. The molecule has 14 heavy (non-hydrogen) atoms. The van der Waals surface area contributed by atoms with Gasteiger partial charge in [0, 0.05) is 17.1 Å². The van der Waals surface area contributed by atoms with Crippen molar-refractivity contribution in [1.82, 2.24) is 15.5 Å². The Kier molecular flexibility index (Phi) is 4.13. The molecule has 0 saturated heterocycles. The zero-order chi connectivity index (χ0) is 10.6. The lowest BCUT2D eigenvalue weighted by Gasteiger charge is -2.13. The van der Waals surface area contributed by atoms with Crippen LogP contribution in [0.2, 0.25) is 0 Å². The average molecular weight is 260 g/mol. The van der Waals surface area contributed by atoms with E-state index in [2.05, 4.69) is 31.4 Å². The van der Waals surface area contributed by atoms with E-state index in [1.165, 1.54) is 0 Å². The molecule has 0 saturated carbocycles. The number of hydrogen-bond acceptors (Lipinski definition) is 2. The van der Waals surface area contributed by atoms with Crippen molar-refractivity contribution in [3.05, 3.63) is 17.5 Å². The van der Waals surface area contributed by atoms with Crippen LogP contribution in [0.5, 0.6) is 0 Å². The van der Waals surface area contributed by atoms with Crippen molar-refractivity contribution in [2.75, 3.05) is 5.33 Å². The second kappa shape index (κ2) is 5.14. The monoisotopic (exact) mass is 259 g/mol. The largest absolute Gasteiger partial charge is 0.348 e.